The van der Waals surface area contributed by atoms with Gasteiger partial charge in [0.2, 0.25) is 5.91 Å². The number of nitrogens with two attached hydrogens (primary N) is 1. The summed E-state index contributed by atoms with van der Waals surface area (Å²) in [6, 6.07) is 2.39. The SMILES string of the molecule is CCCNC(=O)CCNC(=O)c1cc(N)c(F)cc1Br. The maximum Gasteiger partial charge on any atom is 0.252 e. The lowest BCUT2D eigenvalue weighted by Gasteiger charge is -2.08. The van der Waals surface area contributed by atoms with E-state index in [2.05, 4.69) is 26.6 Å². The van der Waals surface area contributed by atoms with Gasteiger partial charge >= 0.3 is 0 Å². The Morgan fingerprint density at radius 3 is 2.65 bits per heavy atom. The van der Waals surface area contributed by atoms with Crippen LogP contribution >= 0.6 is 15.9 Å². The number of rotatable bonds is 6. The second-order valence-corrected chi connectivity index (χ2v) is 5.06. The molecule has 0 bridgehead atoms. The zero-order valence-electron chi connectivity index (χ0n) is 11.1. The van der Waals surface area contributed by atoms with Crippen molar-refractivity contribution in [2.24, 2.45) is 0 Å². The standard InChI is InChI=1S/C13H17BrFN3O2/c1-2-4-17-12(19)3-5-18-13(20)8-6-11(16)10(15)7-9(8)14/h6-7H,2-5,16H2,1H3,(H,17,19)(H,18,20). The topological polar surface area (TPSA) is 84.2 Å². The van der Waals surface area contributed by atoms with Crippen LogP contribution < -0.4 is 16.4 Å². The van der Waals surface area contributed by atoms with Crippen LogP contribution in [-0.2, 0) is 4.79 Å². The van der Waals surface area contributed by atoms with Crippen LogP contribution in [0.5, 0.6) is 0 Å². The lowest BCUT2D eigenvalue weighted by Crippen LogP contribution is -2.31. The van der Waals surface area contributed by atoms with Crippen LogP contribution in [0, 0.1) is 5.82 Å². The van der Waals surface area contributed by atoms with E-state index in [4.69, 9.17) is 5.73 Å². The first-order valence-corrected chi connectivity index (χ1v) is 7.04. The summed E-state index contributed by atoms with van der Waals surface area (Å²) in [7, 11) is 0. The summed E-state index contributed by atoms with van der Waals surface area (Å²) in [6.45, 7) is 2.78. The molecule has 0 fully saturated rings. The average Bonchev–Trinajstić information content (AvgIpc) is 2.40. The van der Waals surface area contributed by atoms with Gasteiger partial charge in [0, 0.05) is 24.0 Å². The summed E-state index contributed by atoms with van der Waals surface area (Å²) >= 11 is 3.10. The number of halogens is 2. The molecule has 0 aliphatic carbocycles. The Labute approximate surface area is 125 Å². The minimum atomic E-state index is -0.590. The molecular weight excluding hydrogens is 329 g/mol. The quantitative estimate of drug-likeness (QED) is 0.687. The van der Waals surface area contributed by atoms with E-state index in [9.17, 15) is 14.0 Å². The molecule has 0 aromatic heterocycles. The molecule has 4 N–H and O–H groups in total. The van der Waals surface area contributed by atoms with Crippen molar-refractivity contribution in [3.63, 3.8) is 0 Å². The van der Waals surface area contributed by atoms with Crippen LogP contribution in [0.4, 0.5) is 10.1 Å². The molecule has 0 heterocycles. The maximum atomic E-state index is 13.2. The predicted molar refractivity (Wildman–Crippen MR) is 78.8 cm³/mol. The van der Waals surface area contributed by atoms with Gasteiger partial charge in [-0.15, -0.1) is 0 Å². The van der Waals surface area contributed by atoms with Crippen LogP contribution in [0.3, 0.4) is 0 Å². The second kappa shape index (κ2) is 7.84. The monoisotopic (exact) mass is 345 g/mol. The van der Waals surface area contributed by atoms with Crippen molar-refractivity contribution in [3.05, 3.63) is 28.0 Å². The predicted octanol–water partition coefficient (Wildman–Crippen LogP) is 1.82. The van der Waals surface area contributed by atoms with Crippen LogP contribution in [0.2, 0.25) is 0 Å². The molecule has 0 radical (unpaired) electrons. The summed E-state index contributed by atoms with van der Waals surface area (Å²) in [5.74, 6) is -1.12. The molecule has 1 rings (SSSR count). The van der Waals surface area contributed by atoms with Gasteiger partial charge in [-0.3, -0.25) is 9.59 Å². The number of amides is 2. The molecule has 1 aromatic carbocycles. The first-order chi connectivity index (χ1) is 9.45. The van der Waals surface area contributed by atoms with E-state index < -0.39 is 11.7 Å². The molecule has 0 aliphatic heterocycles. The van der Waals surface area contributed by atoms with E-state index in [-0.39, 0.29) is 30.1 Å². The number of hydrogen-bond donors (Lipinski definition) is 3. The van der Waals surface area contributed by atoms with Crippen molar-refractivity contribution < 1.29 is 14.0 Å². The molecule has 20 heavy (non-hydrogen) atoms. The molecule has 5 nitrogen and oxygen atoms in total. The Balaban J connectivity index is 2.51. The Morgan fingerprint density at radius 2 is 2.00 bits per heavy atom. The zero-order chi connectivity index (χ0) is 15.1. The van der Waals surface area contributed by atoms with E-state index in [1.165, 1.54) is 6.07 Å². The van der Waals surface area contributed by atoms with Crippen LogP contribution in [0.25, 0.3) is 0 Å². The average molecular weight is 346 g/mol. The third kappa shape index (κ3) is 4.80. The lowest BCUT2D eigenvalue weighted by molar-refractivity contribution is -0.120. The Morgan fingerprint density at radius 1 is 1.30 bits per heavy atom. The molecular formula is C13H17BrFN3O2. The Bertz CT molecular complexity index is 509. The number of nitrogen functional groups attached to an aromatic ring is 1. The second-order valence-electron chi connectivity index (χ2n) is 4.21. The maximum absolute atomic E-state index is 13.2. The molecule has 0 saturated carbocycles. The fourth-order valence-electron chi connectivity index (χ4n) is 1.48. The van der Waals surface area contributed by atoms with E-state index >= 15 is 0 Å². The van der Waals surface area contributed by atoms with Gasteiger partial charge in [-0.25, -0.2) is 4.39 Å². The van der Waals surface area contributed by atoms with Gasteiger partial charge in [0.1, 0.15) is 5.82 Å². The highest BCUT2D eigenvalue weighted by atomic mass is 79.9. The Kier molecular flexibility index (Phi) is 6.44. The number of carbonyl (C=O) groups excluding carboxylic acids is 2. The van der Waals surface area contributed by atoms with Crippen molar-refractivity contribution in [2.45, 2.75) is 19.8 Å². The molecule has 7 heteroatoms. The van der Waals surface area contributed by atoms with Gasteiger partial charge in [-0.05, 0) is 34.5 Å². The van der Waals surface area contributed by atoms with Crippen molar-refractivity contribution in [2.75, 3.05) is 18.8 Å². The van der Waals surface area contributed by atoms with Crippen molar-refractivity contribution in [3.8, 4) is 0 Å². The fourth-order valence-corrected chi connectivity index (χ4v) is 1.97. The number of anilines is 1. The third-order valence-electron chi connectivity index (χ3n) is 2.54. The summed E-state index contributed by atoms with van der Waals surface area (Å²) in [5, 5.41) is 5.29. The van der Waals surface area contributed by atoms with E-state index in [0.717, 1.165) is 12.5 Å². The smallest absolute Gasteiger partial charge is 0.252 e. The molecule has 0 aliphatic rings. The van der Waals surface area contributed by atoms with Gasteiger partial charge in [0.15, 0.2) is 0 Å². The summed E-state index contributed by atoms with van der Waals surface area (Å²) in [6.07, 6.45) is 1.06. The van der Waals surface area contributed by atoms with E-state index in [1.807, 2.05) is 6.92 Å². The molecule has 0 saturated heterocycles. The number of nitrogens with one attached hydrogen (secondary N) is 2. The minimum Gasteiger partial charge on any atom is -0.396 e. The summed E-state index contributed by atoms with van der Waals surface area (Å²) in [5.41, 5.74) is 5.56. The first-order valence-electron chi connectivity index (χ1n) is 6.25. The van der Waals surface area contributed by atoms with Crippen LogP contribution in [-0.4, -0.2) is 24.9 Å². The molecule has 0 spiro atoms. The lowest BCUT2D eigenvalue weighted by atomic mass is 10.2. The molecule has 1 aromatic rings. The fraction of sp³-hybridized carbons (Fsp3) is 0.385. The highest BCUT2D eigenvalue weighted by Crippen LogP contribution is 2.22. The van der Waals surface area contributed by atoms with Gasteiger partial charge in [0.05, 0.1) is 11.3 Å². The number of carbonyl (C=O) groups is 2. The zero-order valence-corrected chi connectivity index (χ0v) is 12.7. The van der Waals surface area contributed by atoms with Gasteiger partial charge in [-0.1, -0.05) is 6.92 Å². The highest BCUT2D eigenvalue weighted by molar-refractivity contribution is 9.10. The van der Waals surface area contributed by atoms with E-state index in [0.29, 0.717) is 11.0 Å². The summed E-state index contributed by atoms with van der Waals surface area (Å²) in [4.78, 5) is 23.2. The highest BCUT2D eigenvalue weighted by Gasteiger charge is 2.13. The number of benzene rings is 1. The largest absolute Gasteiger partial charge is 0.396 e. The van der Waals surface area contributed by atoms with Crippen LogP contribution in [0.1, 0.15) is 30.1 Å². The summed E-state index contributed by atoms with van der Waals surface area (Å²) < 4.78 is 13.5. The van der Waals surface area contributed by atoms with Crippen LogP contribution in [0.15, 0.2) is 16.6 Å². The van der Waals surface area contributed by atoms with Crippen molar-refractivity contribution >= 4 is 33.4 Å². The van der Waals surface area contributed by atoms with Gasteiger partial charge in [0.25, 0.3) is 5.91 Å². The third-order valence-corrected chi connectivity index (χ3v) is 3.20. The Hall–Kier alpha value is -1.63. The van der Waals surface area contributed by atoms with Gasteiger partial charge < -0.3 is 16.4 Å². The van der Waals surface area contributed by atoms with E-state index in [1.54, 1.807) is 0 Å². The van der Waals surface area contributed by atoms with Gasteiger partial charge in [-0.2, -0.15) is 0 Å². The molecule has 0 atom stereocenters. The molecule has 0 unspecified atom stereocenters. The molecule has 110 valence electrons. The first kappa shape index (κ1) is 16.4. The minimum absolute atomic E-state index is 0.0981. The number of hydrogen-bond acceptors (Lipinski definition) is 3. The van der Waals surface area contributed by atoms with Crippen molar-refractivity contribution in [1.82, 2.24) is 10.6 Å². The normalized spacial score (nSPS) is 10.2. The molecule has 2 amide bonds. The van der Waals surface area contributed by atoms with Crippen molar-refractivity contribution in [1.29, 1.82) is 0 Å².